The van der Waals surface area contributed by atoms with Gasteiger partial charge >= 0.3 is 0 Å². The van der Waals surface area contributed by atoms with E-state index in [0.717, 1.165) is 12.1 Å². The number of hydrogen-bond acceptors (Lipinski definition) is 1. The molecule has 0 radical (unpaired) electrons. The molecule has 0 bridgehead atoms. The number of halogens is 2. The maximum atomic E-state index is 13.0. The van der Waals surface area contributed by atoms with Crippen molar-refractivity contribution in [3.8, 4) is 0 Å². The van der Waals surface area contributed by atoms with E-state index in [-0.39, 0.29) is 11.9 Å². The van der Waals surface area contributed by atoms with Crippen LogP contribution in [-0.2, 0) is 6.42 Å². The lowest BCUT2D eigenvalue weighted by atomic mass is 10.1. The number of rotatable bonds is 3. The molecule has 3 heteroatoms. The predicted octanol–water partition coefficient (Wildman–Crippen LogP) is 2.24. The summed E-state index contributed by atoms with van der Waals surface area (Å²) in [6.07, 6.45) is 1.15. The fourth-order valence-corrected chi connectivity index (χ4v) is 1.12. The Balaban J connectivity index is 2.70. The molecule has 13 heavy (non-hydrogen) atoms. The summed E-state index contributed by atoms with van der Waals surface area (Å²) >= 11 is 0. The molecule has 2 N–H and O–H groups in total. The molecule has 72 valence electrons. The zero-order valence-electron chi connectivity index (χ0n) is 7.56. The van der Waals surface area contributed by atoms with Gasteiger partial charge in [-0.2, -0.15) is 0 Å². The van der Waals surface area contributed by atoms with Crippen LogP contribution in [-0.4, -0.2) is 6.04 Å². The van der Waals surface area contributed by atoms with Crippen molar-refractivity contribution in [3.63, 3.8) is 0 Å². The highest BCUT2D eigenvalue weighted by molar-refractivity contribution is 5.18. The maximum absolute atomic E-state index is 13.0. The van der Waals surface area contributed by atoms with Crippen LogP contribution in [0.5, 0.6) is 0 Å². The van der Waals surface area contributed by atoms with Crippen molar-refractivity contribution < 1.29 is 8.78 Å². The number of aryl methyl sites for hydroxylation is 1. The number of nitrogens with two attached hydrogens (primary N) is 1. The second-order valence-electron chi connectivity index (χ2n) is 3.25. The minimum atomic E-state index is -0.402. The molecule has 1 rings (SSSR count). The largest absolute Gasteiger partial charge is 0.328 e. The van der Waals surface area contributed by atoms with Crippen molar-refractivity contribution in [1.29, 1.82) is 0 Å². The van der Waals surface area contributed by atoms with Gasteiger partial charge in [0, 0.05) is 6.04 Å². The average molecular weight is 185 g/mol. The molecular weight excluding hydrogens is 172 g/mol. The summed E-state index contributed by atoms with van der Waals surface area (Å²) < 4.78 is 25.7. The van der Waals surface area contributed by atoms with Gasteiger partial charge in [0.05, 0.1) is 0 Å². The Hall–Kier alpha value is -0.960. The Labute approximate surface area is 76.6 Å². The molecule has 0 heterocycles. The molecule has 0 fully saturated rings. The Morgan fingerprint density at radius 3 is 2.69 bits per heavy atom. The summed E-state index contributed by atoms with van der Waals surface area (Å²) in [5, 5.41) is 0. The highest BCUT2D eigenvalue weighted by Crippen LogP contribution is 2.12. The molecule has 1 atom stereocenters. The SMILES string of the molecule is C[C@@H](N)CCc1cc(F)ccc1F. The zero-order valence-corrected chi connectivity index (χ0v) is 7.56. The fraction of sp³-hybridized carbons (Fsp3) is 0.400. The molecule has 0 spiro atoms. The van der Waals surface area contributed by atoms with Crippen LogP contribution in [0.2, 0.25) is 0 Å². The zero-order chi connectivity index (χ0) is 9.84. The highest BCUT2D eigenvalue weighted by Gasteiger charge is 2.04. The third-order valence-electron chi connectivity index (χ3n) is 1.88. The van der Waals surface area contributed by atoms with Crippen LogP contribution in [0, 0.1) is 11.6 Å². The van der Waals surface area contributed by atoms with Crippen molar-refractivity contribution in [1.82, 2.24) is 0 Å². The predicted molar refractivity (Wildman–Crippen MR) is 48.3 cm³/mol. The number of benzene rings is 1. The molecule has 0 saturated carbocycles. The van der Waals surface area contributed by atoms with E-state index in [0.29, 0.717) is 18.4 Å². The first-order valence-corrected chi connectivity index (χ1v) is 4.29. The third kappa shape index (κ3) is 3.11. The van der Waals surface area contributed by atoms with Gasteiger partial charge in [0.1, 0.15) is 11.6 Å². The minimum Gasteiger partial charge on any atom is -0.328 e. The highest BCUT2D eigenvalue weighted by atomic mass is 19.1. The second-order valence-corrected chi connectivity index (χ2v) is 3.25. The van der Waals surface area contributed by atoms with Gasteiger partial charge in [-0.05, 0) is 43.5 Å². The lowest BCUT2D eigenvalue weighted by Gasteiger charge is -2.05. The van der Waals surface area contributed by atoms with Crippen LogP contribution < -0.4 is 5.73 Å². The Kier molecular flexibility index (Phi) is 3.37. The van der Waals surface area contributed by atoms with Gasteiger partial charge < -0.3 is 5.73 Å². The van der Waals surface area contributed by atoms with Gasteiger partial charge in [0.2, 0.25) is 0 Å². The number of hydrogen-bond donors (Lipinski definition) is 1. The Bertz CT molecular complexity index is 284. The fourth-order valence-electron chi connectivity index (χ4n) is 1.12. The quantitative estimate of drug-likeness (QED) is 0.767. The van der Waals surface area contributed by atoms with E-state index in [1.54, 1.807) is 0 Å². The molecule has 0 saturated heterocycles. The lowest BCUT2D eigenvalue weighted by molar-refractivity contribution is 0.571. The van der Waals surface area contributed by atoms with Crippen molar-refractivity contribution in [2.24, 2.45) is 5.73 Å². The monoisotopic (exact) mass is 185 g/mol. The summed E-state index contributed by atoms with van der Waals surface area (Å²) in [4.78, 5) is 0. The Morgan fingerprint density at radius 2 is 2.08 bits per heavy atom. The van der Waals surface area contributed by atoms with Crippen molar-refractivity contribution in [3.05, 3.63) is 35.4 Å². The van der Waals surface area contributed by atoms with Crippen molar-refractivity contribution in [2.75, 3.05) is 0 Å². The van der Waals surface area contributed by atoms with E-state index in [1.807, 2.05) is 6.92 Å². The normalized spacial score (nSPS) is 12.9. The molecule has 0 unspecified atom stereocenters. The summed E-state index contributed by atoms with van der Waals surface area (Å²) in [7, 11) is 0. The standard InChI is InChI=1S/C10H13F2N/c1-7(13)2-3-8-6-9(11)4-5-10(8)12/h4-7H,2-3,13H2,1H3/t7-/m1/s1. The van der Waals surface area contributed by atoms with Gasteiger partial charge in [-0.1, -0.05) is 0 Å². The molecular formula is C10H13F2N. The second kappa shape index (κ2) is 4.33. The van der Waals surface area contributed by atoms with E-state index < -0.39 is 5.82 Å². The molecule has 1 aromatic rings. The van der Waals surface area contributed by atoms with Gasteiger partial charge in [0.15, 0.2) is 0 Å². The van der Waals surface area contributed by atoms with Gasteiger partial charge in [-0.25, -0.2) is 8.78 Å². The molecule has 0 aliphatic rings. The van der Waals surface area contributed by atoms with E-state index in [9.17, 15) is 8.78 Å². The summed E-state index contributed by atoms with van der Waals surface area (Å²) in [5.41, 5.74) is 5.91. The minimum absolute atomic E-state index is 0.0164. The van der Waals surface area contributed by atoms with E-state index in [4.69, 9.17) is 5.73 Å². The van der Waals surface area contributed by atoms with E-state index in [2.05, 4.69) is 0 Å². The summed E-state index contributed by atoms with van der Waals surface area (Å²) in [6, 6.07) is 3.50. The van der Waals surface area contributed by atoms with Crippen LogP contribution in [0.1, 0.15) is 18.9 Å². The van der Waals surface area contributed by atoms with Crippen LogP contribution in [0.15, 0.2) is 18.2 Å². The molecule has 1 aromatic carbocycles. The van der Waals surface area contributed by atoms with E-state index in [1.165, 1.54) is 6.07 Å². The van der Waals surface area contributed by atoms with Crippen LogP contribution in [0.4, 0.5) is 8.78 Å². The lowest BCUT2D eigenvalue weighted by Crippen LogP contribution is -2.15. The topological polar surface area (TPSA) is 26.0 Å². The average Bonchev–Trinajstić information content (AvgIpc) is 2.06. The summed E-state index contributed by atoms with van der Waals surface area (Å²) in [5.74, 6) is -0.761. The summed E-state index contributed by atoms with van der Waals surface area (Å²) in [6.45, 7) is 1.84. The molecule has 1 nitrogen and oxygen atoms in total. The first kappa shape index (κ1) is 10.1. The van der Waals surface area contributed by atoms with Crippen LogP contribution in [0.3, 0.4) is 0 Å². The molecule has 0 amide bonds. The smallest absolute Gasteiger partial charge is 0.126 e. The maximum Gasteiger partial charge on any atom is 0.126 e. The van der Waals surface area contributed by atoms with Crippen molar-refractivity contribution >= 4 is 0 Å². The molecule has 0 aliphatic carbocycles. The first-order valence-electron chi connectivity index (χ1n) is 4.29. The van der Waals surface area contributed by atoms with Crippen LogP contribution in [0.25, 0.3) is 0 Å². The van der Waals surface area contributed by atoms with Gasteiger partial charge in [-0.3, -0.25) is 0 Å². The molecule has 0 aromatic heterocycles. The molecule has 0 aliphatic heterocycles. The van der Waals surface area contributed by atoms with Gasteiger partial charge in [-0.15, -0.1) is 0 Å². The van der Waals surface area contributed by atoms with Crippen molar-refractivity contribution in [2.45, 2.75) is 25.8 Å². The van der Waals surface area contributed by atoms with Gasteiger partial charge in [0.25, 0.3) is 0 Å². The first-order chi connectivity index (χ1) is 6.09. The van der Waals surface area contributed by atoms with E-state index >= 15 is 0 Å². The van der Waals surface area contributed by atoms with Crippen LogP contribution >= 0.6 is 0 Å². The Morgan fingerprint density at radius 1 is 1.38 bits per heavy atom. The third-order valence-corrected chi connectivity index (χ3v) is 1.88.